The first-order chi connectivity index (χ1) is 37.0. The van der Waals surface area contributed by atoms with Gasteiger partial charge < -0.3 is 0 Å². The molecule has 11 nitrogen and oxygen atoms in total. The highest BCUT2D eigenvalue weighted by molar-refractivity contribution is 5.14. The lowest BCUT2D eigenvalue weighted by Gasteiger charge is -2.02. The molecule has 0 saturated carbocycles. The van der Waals surface area contributed by atoms with Crippen LogP contribution in [0.5, 0.6) is 0 Å². The fourth-order valence-electron chi connectivity index (χ4n) is 5.01. The maximum atomic E-state index is 4.18. The van der Waals surface area contributed by atoms with Crippen molar-refractivity contribution in [3.8, 4) is 0 Å². The molecule has 436 valence electrons. The van der Waals surface area contributed by atoms with Crippen molar-refractivity contribution in [2.24, 2.45) is 7.05 Å². The van der Waals surface area contributed by atoms with Gasteiger partial charge >= 0.3 is 0 Å². The summed E-state index contributed by atoms with van der Waals surface area (Å²) in [6, 6.07) is 22.0. The summed E-state index contributed by atoms with van der Waals surface area (Å²) in [6.07, 6.45) is 21.3. The Morgan fingerprint density at radius 1 is 0.312 bits per heavy atom. The van der Waals surface area contributed by atoms with Crippen LogP contribution in [0.3, 0.4) is 0 Å². The van der Waals surface area contributed by atoms with Gasteiger partial charge in [0.15, 0.2) is 0 Å². The zero-order chi connectivity index (χ0) is 61.0. The van der Waals surface area contributed by atoms with E-state index in [1.807, 2.05) is 200 Å². The molecule has 0 spiro atoms. The van der Waals surface area contributed by atoms with Crippen LogP contribution in [0.4, 0.5) is 0 Å². The summed E-state index contributed by atoms with van der Waals surface area (Å²) in [7, 11) is 1.97. The molecule has 0 fully saturated rings. The highest BCUT2D eigenvalue weighted by Crippen LogP contribution is 2.13. The highest BCUT2D eigenvalue weighted by Gasteiger charge is 2.02. The van der Waals surface area contributed by atoms with Crippen molar-refractivity contribution in [2.75, 3.05) is 0 Å². The van der Waals surface area contributed by atoms with Crippen LogP contribution in [0.15, 0.2) is 141 Å². The molecule has 0 unspecified atom stereocenters. The minimum Gasteiger partial charge on any atom is -0.272 e. The monoisotopic (exact) mass is 1060 g/mol. The second-order valence-electron chi connectivity index (χ2n) is 16.7. The lowest BCUT2D eigenvalue weighted by molar-refractivity contribution is 0.669. The molecule has 77 heavy (non-hydrogen) atoms. The standard InChI is InChI=1S/3C8H11N.C7H12N2.3C7H10N2.7C2H6/c1-7(2)8-3-5-9-6-4-8;1-7(2)8-4-3-5-9-6-8;1-7(2)8-5-3-4-6-9-8;1-6(2)7-4-5-8-9(7)3;1-6(2)7-5-8-3-4-9-7;1-6(2)7-3-4-8-5-9-7;1-6(2)7-4-3-5-8-9-7;7*1-2/h3*3-7H,1-2H3;4-6H,1-3H3;3*3-6H,1-2H3;7*1-2H3. The van der Waals surface area contributed by atoms with Crippen molar-refractivity contribution >= 4 is 0 Å². The Balaban J connectivity index is -0.000000143. The lowest BCUT2D eigenvalue weighted by atomic mass is 10.1. The quantitative estimate of drug-likeness (QED) is 0.152. The van der Waals surface area contributed by atoms with E-state index < -0.39 is 0 Å². The molecule has 7 aromatic heterocycles. The van der Waals surface area contributed by atoms with Gasteiger partial charge in [-0.25, -0.2) is 9.97 Å². The van der Waals surface area contributed by atoms with Crippen LogP contribution in [0.1, 0.15) is 275 Å². The number of hydrogen-bond acceptors (Lipinski definition) is 10. The van der Waals surface area contributed by atoms with E-state index in [0.717, 1.165) is 22.8 Å². The minimum atomic E-state index is 0.485. The minimum absolute atomic E-state index is 0.485. The SMILES string of the molecule is CC.CC.CC.CC.CC.CC.CC.CC(C)c1ccccn1.CC(C)c1cccnc1.CC(C)c1cccnn1.CC(C)c1ccncc1.CC(C)c1ccncn1.CC(C)c1ccnn1C.CC(C)c1cnccn1. The first-order valence-electron chi connectivity index (χ1n) is 29.0. The third-order valence-corrected chi connectivity index (χ3v) is 9.01. The van der Waals surface area contributed by atoms with Crippen molar-refractivity contribution in [2.45, 2.75) is 235 Å². The third-order valence-electron chi connectivity index (χ3n) is 9.01. The molecule has 0 bridgehead atoms. The second kappa shape index (κ2) is 64.2. The number of hydrogen-bond donors (Lipinski definition) is 0. The van der Waals surface area contributed by atoms with Crippen molar-refractivity contribution in [1.29, 1.82) is 0 Å². The fraction of sp³-hybridized carbons (Fsp3) is 0.545. The molecule has 7 heterocycles. The summed E-state index contributed by atoms with van der Waals surface area (Å²) in [5.41, 5.74) is 8.31. The third kappa shape index (κ3) is 50.5. The summed E-state index contributed by atoms with van der Waals surface area (Å²) in [6.45, 7) is 57.9. The van der Waals surface area contributed by atoms with E-state index in [-0.39, 0.29) is 0 Å². The van der Waals surface area contributed by atoms with Gasteiger partial charge in [-0.1, -0.05) is 206 Å². The summed E-state index contributed by atoms with van der Waals surface area (Å²) in [5, 5.41) is 11.7. The van der Waals surface area contributed by atoms with E-state index in [2.05, 4.69) is 153 Å². The summed E-state index contributed by atoms with van der Waals surface area (Å²) >= 11 is 0. The Kier molecular flexibility index (Phi) is 70.7. The molecule has 0 saturated heterocycles. The molecule has 11 heteroatoms. The van der Waals surface area contributed by atoms with Crippen molar-refractivity contribution in [3.63, 3.8) is 0 Å². The molecule has 7 rings (SSSR count). The Bertz CT molecular complexity index is 1720. The van der Waals surface area contributed by atoms with Crippen molar-refractivity contribution < 1.29 is 0 Å². The number of rotatable bonds is 7. The maximum absolute atomic E-state index is 4.18. The van der Waals surface area contributed by atoms with Gasteiger partial charge in [0.25, 0.3) is 0 Å². The van der Waals surface area contributed by atoms with Crippen LogP contribution >= 0.6 is 0 Å². The van der Waals surface area contributed by atoms with Gasteiger partial charge in [0.2, 0.25) is 0 Å². The van der Waals surface area contributed by atoms with Gasteiger partial charge in [0, 0.05) is 92.3 Å². The van der Waals surface area contributed by atoms with E-state index >= 15 is 0 Å². The zero-order valence-electron chi connectivity index (χ0n) is 54.7. The molecule has 0 atom stereocenters. The molecule has 0 N–H and O–H groups in total. The summed E-state index contributed by atoms with van der Waals surface area (Å²) < 4.78 is 1.91. The Hall–Kier alpha value is -6.10. The van der Waals surface area contributed by atoms with Crippen LogP contribution in [0, 0.1) is 0 Å². The zero-order valence-corrected chi connectivity index (χ0v) is 54.7. The Morgan fingerprint density at radius 3 is 1.04 bits per heavy atom. The van der Waals surface area contributed by atoms with Gasteiger partial charge in [-0.3, -0.25) is 29.6 Å². The van der Waals surface area contributed by atoms with Crippen molar-refractivity contribution in [1.82, 2.24) is 54.9 Å². The van der Waals surface area contributed by atoms with Crippen LogP contribution in [0.2, 0.25) is 0 Å². The van der Waals surface area contributed by atoms with Crippen LogP contribution in [-0.4, -0.2) is 54.9 Å². The molecule has 0 aliphatic rings. The Labute approximate surface area is 476 Å². The highest BCUT2D eigenvalue weighted by atomic mass is 15.3. The van der Waals surface area contributed by atoms with Gasteiger partial charge in [-0.2, -0.15) is 15.3 Å². The average molecular weight is 1060 g/mol. The lowest BCUT2D eigenvalue weighted by Crippen LogP contribution is -1.98. The number of aromatic nitrogens is 11. The van der Waals surface area contributed by atoms with E-state index in [1.165, 1.54) is 16.8 Å². The largest absolute Gasteiger partial charge is 0.272 e. The van der Waals surface area contributed by atoms with Crippen LogP contribution in [-0.2, 0) is 7.05 Å². The van der Waals surface area contributed by atoms with Gasteiger partial charge in [-0.05, 0) is 107 Å². The van der Waals surface area contributed by atoms with E-state index in [9.17, 15) is 0 Å². The molecule has 0 aromatic carbocycles. The van der Waals surface area contributed by atoms with Crippen molar-refractivity contribution in [3.05, 3.63) is 181 Å². The fourth-order valence-corrected chi connectivity index (χ4v) is 5.01. The van der Waals surface area contributed by atoms with Gasteiger partial charge in [0.1, 0.15) is 6.33 Å². The van der Waals surface area contributed by atoms with Crippen LogP contribution < -0.4 is 0 Å². The smallest absolute Gasteiger partial charge is 0.115 e. The average Bonchev–Trinajstić information content (AvgIpc) is 3.95. The maximum Gasteiger partial charge on any atom is 0.115 e. The normalized spacial score (nSPS) is 8.88. The number of pyridine rings is 3. The number of aryl methyl sites for hydroxylation is 1. The first-order valence-corrected chi connectivity index (χ1v) is 29.0. The molecule has 0 aliphatic heterocycles. The topological polar surface area (TPSA) is 134 Å². The summed E-state index contributed by atoms with van der Waals surface area (Å²) in [4.78, 5) is 28.1. The van der Waals surface area contributed by atoms with E-state index in [1.54, 1.807) is 43.5 Å². The van der Waals surface area contributed by atoms with E-state index in [4.69, 9.17) is 0 Å². The summed E-state index contributed by atoms with van der Waals surface area (Å²) in [5.74, 6) is 3.82. The van der Waals surface area contributed by atoms with Gasteiger partial charge in [-0.15, -0.1) is 0 Å². The van der Waals surface area contributed by atoms with E-state index in [0.29, 0.717) is 41.4 Å². The van der Waals surface area contributed by atoms with Gasteiger partial charge in [0.05, 0.1) is 11.4 Å². The predicted octanol–water partition coefficient (Wildman–Crippen LogP) is 20.1. The Morgan fingerprint density at radius 2 is 0.779 bits per heavy atom. The molecule has 0 radical (unpaired) electrons. The number of nitrogens with zero attached hydrogens (tertiary/aromatic N) is 11. The molecular formula is C66H117N11. The second-order valence-corrected chi connectivity index (χ2v) is 16.7. The predicted molar refractivity (Wildman–Crippen MR) is 340 cm³/mol. The molecular weight excluding hydrogens is 947 g/mol. The van der Waals surface area contributed by atoms with Crippen LogP contribution in [0.25, 0.3) is 0 Å². The molecule has 7 aromatic rings. The molecule has 0 aliphatic carbocycles. The first kappa shape index (κ1) is 84.8. The molecule has 0 amide bonds.